The monoisotopic (exact) mass is 617 g/mol. The van der Waals surface area contributed by atoms with E-state index in [1.165, 1.54) is 76.8 Å². The highest BCUT2D eigenvalue weighted by Crippen LogP contribution is 2.42. The van der Waals surface area contributed by atoms with Gasteiger partial charge in [-0.15, -0.1) is 0 Å². The molecular formula is C34H52FN3O6. The number of pyridine rings is 1. The van der Waals surface area contributed by atoms with E-state index in [0.717, 1.165) is 32.0 Å². The van der Waals surface area contributed by atoms with Crippen LogP contribution in [0.1, 0.15) is 120 Å². The highest BCUT2D eigenvalue weighted by molar-refractivity contribution is 5.97. The minimum absolute atomic E-state index is 0.0434. The molecule has 0 aliphatic carbocycles. The first-order chi connectivity index (χ1) is 21.1. The van der Waals surface area contributed by atoms with Crippen LogP contribution in [-0.4, -0.2) is 71.5 Å². The summed E-state index contributed by atoms with van der Waals surface area (Å²) in [4.78, 5) is 38.4. The lowest BCUT2D eigenvalue weighted by molar-refractivity contribution is -0.137. The predicted molar refractivity (Wildman–Crippen MR) is 173 cm³/mol. The van der Waals surface area contributed by atoms with Gasteiger partial charge < -0.3 is 29.3 Å². The molecule has 4 rings (SSSR count). The zero-order valence-electron chi connectivity index (χ0n) is 26.9. The normalized spacial score (nSPS) is 16.4. The maximum atomic E-state index is 15.0. The number of hydrogen-bond donors (Lipinski definition) is 2. The fourth-order valence-electron chi connectivity index (χ4n) is 5.98. The molecular weight excluding hydrogens is 565 g/mol. The third kappa shape index (κ3) is 9.94. The van der Waals surface area contributed by atoms with Gasteiger partial charge in [0, 0.05) is 38.8 Å². The smallest absolute Gasteiger partial charge is 0.341 e. The van der Waals surface area contributed by atoms with Crippen molar-refractivity contribution in [2.24, 2.45) is 0 Å². The van der Waals surface area contributed by atoms with E-state index in [9.17, 15) is 23.9 Å². The molecule has 1 unspecified atom stereocenters. The summed E-state index contributed by atoms with van der Waals surface area (Å²) in [6.07, 6.45) is 18.6. The molecule has 0 amide bonds. The number of benzene rings is 1. The molecule has 1 fully saturated rings. The van der Waals surface area contributed by atoms with Gasteiger partial charge in [-0.2, -0.15) is 0 Å². The van der Waals surface area contributed by atoms with Crippen molar-refractivity contribution in [1.82, 2.24) is 9.47 Å². The number of nitrogens with zero attached hydrogens (tertiary/aromatic N) is 3. The van der Waals surface area contributed by atoms with Gasteiger partial charge in [0.15, 0.2) is 11.6 Å². The largest absolute Gasteiger partial charge is 0.487 e. The molecule has 9 nitrogen and oxygen atoms in total. The molecule has 0 saturated carbocycles. The van der Waals surface area contributed by atoms with E-state index in [0.29, 0.717) is 36.5 Å². The topological polar surface area (TPSA) is 112 Å². The van der Waals surface area contributed by atoms with E-state index in [1.54, 1.807) is 4.57 Å². The van der Waals surface area contributed by atoms with Crippen LogP contribution in [0.4, 0.5) is 10.1 Å². The predicted octanol–water partition coefficient (Wildman–Crippen LogP) is 7.10. The number of aromatic carboxylic acids is 1. The summed E-state index contributed by atoms with van der Waals surface area (Å²) in [5, 5.41) is 17.9. The third-order valence-electron chi connectivity index (χ3n) is 8.69. The molecule has 2 N–H and O–H groups in total. The Bertz CT molecular complexity index is 1290. The van der Waals surface area contributed by atoms with Crippen LogP contribution < -0.4 is 15.1 Å². The molecule has 0 spiro atoms. The molecule has 10 heteroatoms. The van der Waals surface area contributed by atoms with Gasteiger partial charge in [-0.25, -0.2) is 9.18 Å². The van der Waals surface area contributed by atoms with Crippen LogP contribution in [0.15, 0.2) is 17.1 Å². The fourth-order valence-corrected chi connectivity index (χ4v) is 5.98. The zero-order chi connectivity index (χ0) is 32.1. The van der Waals surface area contributed by atoms with E-state index in [-0.39, 0.29) is 23.6 Å². The van der Waals surface area contributed by atoms with Crippen LogP contribution in [0.5, 0.6) is 5.75 Å². The van der Waals surface area contributed by atoms with Gasteiger partial charge in [0.1, 0.15) is 17.9 Å². The van der Waals surface area contributed by atoms with E-state index >= 15 is 0 Å². The Morgan fingerprint density at radius 2 is 1.45 bits per heavy atom. The average Bonchev–Trinajstić information content (AvgIpc) is 2.99. The van der Waals surface area contributed by atoms with Crippen molar-refractivity contribution in [3.05, 3.63) is 33.9 Å². The fraction of sp³-hybridized carbons (Fsp3) is 0.676. The summed E-state index contributed by atoms with van der Waals surface area (Å²) in [5.41, 5.74) is -0.224. The Morgan fingerprint density at radius 1 is 0.909 bits per heavy atom. The number of piperazine rings is 1. The van der Waals surface area contributed by atoms with E-state index in [4.69, 9.17) is 9.84 Å². The van der Waals surface area contributed by atoms with Gasteiger partial charge in [-0.05, 0) is 26.5 Å². The Balaban J connectivity index is 0.000000260. The van der Waals surface area contributed by atoms with Crippen molar-refractivity contribution in [3.8, 4) is 5.75 Å². The lowest BCUT2D eigenvalue weighted by Crippen LogP contribution is -2.45. The van der Waals surface area contributed by atoms with Gasteiger partial charge in [-0.3, -0.25) is 9.59 Å². The maximum absolute atomic E-state index is 15.0. The average molecular weight is 618 g/mol. The zero-order valence-corrected chi connectivity index (χ0v) is 26.9. The van der Waals surface area contributed by atoms with Crippen LogP contribution in [-0.2, 0) is 4.79 Å². The number of carboxylic acid groups (broad SMARTS) is 2. The standard InChI is InChI=1S/C18H20FN3O4.C16H32O2/c1-10-9-26-17-14-11(16(23)12(18(24)25)8-22(10)14)7-13(19)15(17)21-5-3-20(2)4-6-21;1-2-3-4-5-6-7-8-9-10-11-12-13-14-15-16(17)18/h7-8,10H,3-6,9H2,1-2H3,(H,24,25);2-15H2,1H3,(H,17,18). The Morgan fingerprint density at radius 3 is 1.98 bits per heavy atom. The molecule has 0 bridgehead atoms. The molecule has 2 aliphatic heterocycles. The van der Waals surface area contributed by atoms with Gasteiger partial charge >= 0.3 is 11.9 Å². The highest BCUT2D eigenvalue weighted by atomic mass is 19.1. The minimum Gasteiger partial charge on any atom is -0.487 e. The minimum atomic E-state index is -1.32. The number of halogens is 1. The van der Waals surface area contributed by atoms with Gasteiger partial charge in [0.2, 0.25) is 5.43 Å². The molecule has 2 aromatic rings. The maximum Gasteiger partial charge on any atom is 0.341 e. The van der Waals surface area contributed by atoms with Crippen LogP contribution in [0.3, 0.4) is 0 Å². The molecule has 0 radical (unpaired) electrons. The molecule has 1 atom stereocenters. The number of aliphatic carboxylic acids is 1. The van der Waals surface area contributed by atoms with Crippen molar-refractivity contribution >= 4 is 28.5 Å². The second-order valence-electron chi connectivity index (χ2n) is 12.4. The Labute approximate surface area is 261 Å². The molecule has 1 aromatic carbocycles. The van der Waals surface area contributed by atoms with Crippen molar-refractivity contribution in [2.45, 2.75) is 110 Å². The number of carbonyl (C=O) groups is 2. The second kappa shape index (κ2) is 18.0. The summed E-state index contributed by atoms with van der Waals surface area (Å²) in [7, 11) is 2.02. The van der Waals surface area contributed by atoms with Crippen molar-refractivity contribution in [3.63, 3.8) is 0 Å². The van der Waals surface area contributed by atoms with E-state index < -0.39 is 23.2 Å². The first kappa shape index (κ1) is 35.3. The molecule has 1 aromatic heterocycles. The summed E-state index contributed by atoms with van der Waals surface area (Å²) in [5.74, 6) is -2.20. The molecule has 2 aliphatic rings. The number of rotatable bonds is 16. The van der Waals surface area contributed by atoms with Crippen LogP contribution in [0.25, 0.3) is 10.9 Å². The molecule has 1 saturated heterocycles. The van der Waals surface area contributed by atoms with E-state index in [1.807, 2.05) is 18.9 Å². The van der Waals surface area contributed by atoms with Crippen molar-refractivity contribution < 1.29 is 28.9 Å². The third-order valence-corrected chi connectivity index (χ3v) is 8.69. The highest BCUT2D eigenvalue weighted by Gasteiger charge is 2.30. The molecule has 3 heterocycles. The summed E-state index contributed by atoms with van der Waals surface area (Å²) in [6, 6.07) is 0.994. The Kier molecular flexibility index (Phi) is 14.4. The second-order valence-corrected chi connectivity index (χ2v) is 12.4. The lowest BCUT2D eigenvalue weighted by Gasteiger charge is -2.37. The number of anilines is 1. The summed E-state index contributed by atoms with van der Waals surface area (Å²) < 4.78 is 22.6. The molecule has 246 valence electrons. The first-order valence-electron chi connectivity index (χ1n) is 16.6. The first-order valence-corrected chi connectivity index (χ1v) is 16.6. The van der Waals surface area contributed by atoms with Crippen molar-refractivity contribution in [1.29, 1.82) is 0 Å². The number of aromatic nitrogens is 1. The van der Waals surface area contributed by atoms with Crippen LogP contribution in [0.2, 0.25) is 0 Å². The number of ether oxygens (including phenoxy) is 1. The van der Waals surface area contributed by atoms with Crippen LogP contribution >= 0.6 is 0 Å². The summed E-state index contributed by atoms with van der Waals surface area (Å²) in [6.45, 7) is 7.34. The van der Waals surface area contributed by atoms with Gasteiger partial charge in [-0.1, -0.05) is 84.0 Å². The number of hydrogen-bond acceptors (Lipinski definition) is 6. The number of likely N-dealkylation sites (N-methyl/N-ethyl adjacent to an activating group) is 1. The Hall–Kier alpha value is -3.14. The molecule has 44 heavy (non-hydrogen) atoms. The summed E-state index contributed by atoms with van der Waals surface area (Å²) >= 11 is 0. The van der Waals surface area contributed by atoms with Gasteiger partial charge in [0.25, 0.3) is 0 Å². The van der Waals surface area contributed by atoms with Crippen molar-refractivity contribution in [2.75, 3.05) is 44.7 Å². The lowest BCUT2D eigenvalue weighted by atomic mass is 10.0. The SMILES string of the molecule is CC1COc2c(N3CCN(C)CC3)c(F)cc3c(=O)c(C(=O)O)cn1c23.CCCCCCCCCCCCCCCC(=O)O. The van der Waals surface area contributed by atoms with Gasteiger partial charge in [0.05, 0.1) is 16.9 Å². The number of unbranched alkanes of at least 4 members (excludes halogenated alkanes) is 12. The van der Waals surface area contributed by atoms with Crippen LogP contribution in [0, 0.1) is 5.82 Å². The quantitative estimate of drug-likeness (QED) is 0.192. The van der Waals surface area contributed by atoms with E-state index in [2.05, 4.69) is 11.8 Å². The number of carboxylic acids is 2.